The van der Waals surface area contributed by atoms with Crippen molar-refractivity contribution in [3.63, 3.8) is 0 Å². The Bertz CT molecular complexity index is 490. The summed E-state index contributed by atoms with van der Waals surface area (Å²) in [6.07, 6.45) is 4.67. The van der Waals surface area contributed by atoms with Crippen LogP contribution in [0.15, 0.2) is 30.3 Å². The highest BCUT2D eigenvalue weighted by atomic mass is 16.4. The Balaban J connectivity index is 1.82. The summed E-state index contributed by atoms with van der Waals surface area (Å²) in [4.78, 5) is 22.1. The molecule has 2 unspecified atom stereocenters. The second-order valence-corrected chi connectivity index (χ2v) is 5.84. The summed E-state index contributed by atoms with van der Waals surface area (Å²) >= 11 is 0. The fraction of sp³-hybridized carbons (Fsp3) is 0.529. The smallest absolute Gasteiger partial charge is 0.314 e. The van der Waals surface area contributed by atoms with E-state index in [2.05, 4.69) is 34.9 Å². The average Bonchev–Trinajstić information content (AvgIpc) is 2.54. The molecular weight excluding hydrogens is 280 g/mol. The van der Waals surface area contributed by atoms with E-state index < -0.39 is 5.97 Å². The predicted octanol–water partition coefficient (Wildman–Crippen LogP) is 2.73. The first-order valence-electron chi connectivity index (χ1n) is 7.95. The lowest BCUT2D eigenvalue weighted by atomic mass is 9.75. The minimum Gasteiger partial charge on any atom is -0.481 e. The first-order chi connectivity index (χ1) is 10.7. The zero-order valence-electron chi connectivity index (χ0n) is 12.8. The maximum atomic E-state index is 11.7. The number of nitrogens with one attached hydrogen (secondary N) is 2. The molecule has 1 aromatic rings. The van der Waals surface area contributed by atoms with Gasteiger partial charge in [-0.25, -0.2) is 4.79 Å². The van der Waals surface area contributed by atoms with E-state index in [1.165, 1.54) is 18.4 Å². The highest BCUT2D eigenvalue weighted by Gasteiger charge is 2.26. The van der Waals surface area contributed by atoms with Crippen LogP contribution < -0.4 is 10.6 Å². The number of aliphatic carboxylic acids is 1. The SMILES string of the molecule is O=C(O)CCNC(=O)NCC1CCCCC1c1ccccc1. The van der Waals surface area contributed by atoms with E-state index in [0.717, 1.165) is 12.8 Å². The summed E-state index contributed by atoms with van der Waals surface area (Å²) in [5.74, 6) is 0.0346. The zero-order chi connectivity index (χ0) is 15.8. The van der Waals surface area contributed by atoms with Gasteiger partial charge in [-0.05, 0) is 30.2 Å². The van der Waals surface area contributed by atoms with Gasteiger partial charge in [0.25, 0.3) is 0 Å². The fourth-order valence-electron chi connectivity index (χ4n) is 3.16. The second-order valence-electron chi connectivity index (χ2n) is 5.84. The minimum atomic E-state index is -0.906. The molecule has 0 spiro atoms. The van der Waals surface area contributed by atoms with Gasteiger partial charge in [0.15, 0.2) is 0 Å². The van der Waals surface area contributed by atoms with Gasteiger partial charge in [0.05, 0.1) is 6.42 Å². The van der Waals surface area contributed by atoms with E-state index in [1.54, 1.807) is 0 Å². The van der Waals surface area contributed by atoms with Crippen molar-refractivity contribution < 1.29 is 14.7 Å². The molecule has 5 heteroatoms. The Labute approximate surface area is 131 Å². The third-order valence-corrected chi connectivity index (χ3v) is 4.29. The molecule has 2 rings (SSSR count). The van der Waals surface area contributed by atoms with Crippen LogP contribution in [-0.2, 0) is 4.79 Å². The van der Waals surface area contributed by atoms with Gasteiger partial charge in [-0.15, -0.1) is 0 Å². The lowest BCUT2D eigenvalue weighted by Gasteiger charge is -2.32. The summed E-state index contributed by atoms with van der Waals surface area (Å²) < 4.78 is 0. The van der Waals surface area contributed by atoms with E-state index in [9.17, 15) is 9.59 Å². The molecule has 0 radical (unpaired) electrons. The number of carboxylic acid groups (broad SMARTS) is 1. The number of benzene rings is 1. The Morgan fingerprint density at radius 1 is 1.09 bits per heavy atom. The molecule has 1 aromatic carbocycles. The van der Waals surface area contributed by atoms with Crippen molar-refractivity contribution >= 4 is 12.0 Å². The molecule has 0 bridgehead atoms. The van der Waals surface area contributed by atoms with E-state index >= 15 is 0 Å². The van der Waals surface area contributed by atoms with Crippen molar-refractivity contribution in [2.24, 2.45) is 5.92 Å². The molecule has 0 aromatic heterocycles. The lowest BCUT2D eigenvalue weighted by Crippen LogP contribution is -2.40. The molecule has 0 aliphatic heterocycles. The van der Waals surface area contributed by atoms with Crippen molar-refractivity contribution in [3.05, 3.63) is 35.9 Å². The van der Waals surface area contributed by atoms with Crippen LogP contribution in [-0.4, -0.2) is 30.2 Å². The molecule has 2 amide bonds. The number of rotatable bonds is 6. The van der Waals surface area contributed by atoms with Gasteiger partial charge in [-0.1, -0.05) is 43.2 Å². The quantitative estimate of drug-likeness (QED) is 0.756. The standard InChI is InChI=1S/C17H24N2O3/c20-16(21)10-11-18-17(22)19-12-14-8-4-5-9-15(14)13-6-2-1-3-7-13/h1-3,6-7,14-15H,4-5,8-12H2,(H,20,21)(H2,18,19,22). The summed E-state index contributed by atoms with van der Waals surface area (Å²) in [5, 5.41) is 14.0. The molecule has 22 heavy (non-hydrogen) atoms. The molecule has 1 saturated carbocycles. The van der Waals surface area contributed by atoms with Gasteiger partial charge in [0.2, 0.25) is 0 Å². The first-order valence-corrected chi connectivity index (χ1v) is 7.95. The van der Waals surface area contributed by atoms with Crippen molar-refractivity contribution in [3.8, 4) is 0 Å². The number of carboxylic acids is 1. The summed E-state index contributed by atoms with van der Waals surface area (Å²) in [5.41, 5.74) is 1.35. The monoisotopic (exact) mass is 304 g/mol. The Morgan fingerprint density at radius 2 is 1.82 bits per heavy atom. The Morgan fingerprint density at radius 3 is 2.55 bits per heavy atom. The molecule has 120 valence electrons. The van der Waals surface area contributed by atoms with Crippen LogP contribution in [0.4, 0.5) is 4.79 Å². The molecule has 1 aliphatic carbocycles. The molecule has 1 aliphatic rings. The Hall–Kier alpha value is -2.04. The third kappa shape index (κ3) is 5.06. The van der Waals surface area contributed by atoms with Crippen LogP contribution >= 0.6 is 0 Å². The van der Waals surface area contributed by atoms with Crippen LogP contribution in [0.3, 0.4) is 0 Å². The average molecular weight is 304 g/mol. The van der Waals surface area contributed by atoms with E-state index in [-0.39, 0.29) is 19.0 Å². The maximum Gasteiger partial charge on any atom is 0.314 e. The van der Waals surface area contributed by atoms with Crippen LogP contribution in [0.5, 0.6) is 0 Å². The molecule has 0 heterocycles. The van der Waals surface area contributed by atoms with Crippen LogP contribution in [0.2, 0.25) is 0 Å². The number of hydrogen-bond acceptors (Lipinski definition) is 2. The maximum absolute atomic E-state index is 11.7. The first kappa shape index (κ1) is 16.3. The fourth-order valence-corrected chi connectivity index (χ4v) is 3.16. The molecule has 0 saturated heterocycles. The van der Waals surface area contributed by atoms with Gasteiger partial charge in [0.1, 0.15) is 0 Å². The van der Waals surface area contributed by atoms with Crippen molar-refractivity contribution in [1.29, 1.82) is 0 Å². The summed E-state index contributed by atoms with van der Waals surface area (Å²) in [6, 6.07) is 10.2. The molecule has 3 N–H and O–H groups in total. The Kier molecular flexibility index (Phi) is 6.25. The van der Waals surface area contributed by atoms with Crippen LogP contribution in [0, 0.1) is 5.92 Å². The van der Waals surface area contributed by atoms with Gasteiger partial charge in [0, 0.05) is 13.1 Å². The molecular formula is C17H24N2O3. The highest BCUT2D eigenvalue weighted by molar-refractivity contribution is 5.74. The normalized spacial score (nSPS) is 21.1. The van der Waals surface area contributed by atoms with Crippen molar-refractivity contribution in [2.45, 2.75) is 38.0 Å². The molecule has 2 atom stereocenters. The van der Waals surface area contributed by atoms with Gasteiger partial charge in [-0.3, -0.25) is 4.79 Å². The summed E-state index contributed by atoms with van der Waals surface area (Å²) in [6.45, 7) is 0.798. The van der Waals surface area contributed by atoms with Crippen molar-refractivity contribution in [2.75, 3.05) is 13.1 Å². The molecule has 5 nitrogen and oxygen atoms in total. The van der Waals surface area contributed by atoms with Gasteiger partial charge >= 0.3 is 12.0 Å². The number of carbonyl (C=O) groups is 2. The predicted molar refractivity (Wildman–Crippen MR) is 84.8 cm³/mol. The van der Waals surface area contributed by atoms with E-state index in [1.807, 2.05) is 6.07 Å². The van der Waals surface area contributed by atoms with Crippen LogP contribution in [0.25, 0.3) is 0 Å². The van der Waals surface area contributed by atoms with Crippen LogP contribution in [0.1, 0.15) is 43.6 Å². The lowest BCUT2D eigenvalue weighted by molar-refractivity contribution is -0.136. The number of carbonyl (C=O) groups excluding carboxylic acids is 1. The second kappa shape index (κ2) is 8.41. The zero-order valence-corrected chi connectivity index (χ0v) is 12.8. The topological polar surface area (TPSA) is 78.4 Å². The third-order valence-electron chi connectivity index (χ3n) is 4.29. The number of amides is 2. The van der Waals surface area contributed by atoms with Gasteiger partial charge < -0.3 is 15.7 Å². The minimum absolute atomic E-state index is 0.0521. The largest absolute Gasteiger partial charge is 0.481 e. The summed E-state index contributed by atoms with van der Waals surface area (Å²) in [7, 11) is 0. The van der Waals surface area contributed by atoms with E-state index in [4.69, 9.17) is 5.11 Å². The van der Waals surface area contributed by atoms with Crippen molar-refractivity contribution in [1.82, 2.24) is 10.6 Å². The number of hydrogen-bond donors (Lipinski definition) is 3. The number of urea groups is 1. The molecule has 1 fully saturated rings. The van der Waals surface area contributed by atoms with Gasteiger partial charge in [-0.2, -0.15) is 0 Å². The highest BCUT2D eigenvalue weighted by Crippen LogP contribution is 2.37. The van der Waals surface area contributed by atoms with E-state index in [0.29, 0.717) is 18.4 Å².